The summed E-state index contributed by atoms with van der Waals surface area (Å²) in [5.74, 6) is -0.886. The summed E-state index contributed by atoms with van der Waals surface area (Å²) in [6.45, 7) is 1.89. The molecule has 9 heteroatoms. The van der Waals surface area contributed by atoms with Gasteiger partial charge in [-0.1, -0.05) is 48.5 Å². The lowest BCUT2D eigenvalue weighted by Crippen LogP contribution is -2.41. The van der Waals surface area contributed by atoms with Gasteiger partial charge in [-0.3, -0.25) is 9.59 Å². The average molecular weight is 458 g/mol. The Kier molecular flexibility index (Phi) is 7.56. The maximum absolute atomic E-state index is 12.6. The summed E-state index contributed by atoms with van der Waals surface area (Å²) < 4.78 is 27.1. The van der Waals surface area contributed by atoms with Crippen LogP contribution in [0.25, 0.3) is 0 Å². The molecule has 0 spiro atoms. The number of carbonyl (C=O) groups is 2. The lowest BCUT2D eigenvalue weighted by molar-refractivity contribution is -0.117. The minimum absolute atomic E-state index is 0.130. The second kappa shape index (κ2) is 10.3. The number of nitrogens with one attached hydrogen (secondary N) is 3. The van der Waals surface area contributed by atoms with Gasteiger partial charge in [0.1, 0.15) is 4.21 Å². The van der Waals surface area contributed by atoms with Gasteiger partial charge in [0.05, 0.1) is 17.3 Å². The van der Waals surface area contributed by atoms with Crippen LogP contribution < -0.4 is 15.4 Å². The van der Waals surface area contributed by atoms with E-state index in [2.05, 4.69) is 15.4 Å². The van der Waals surface area contributed by atoms with E-state index in [0.717, 1.165) is 16.9 Å². The van der Waals surface area contributed by atoms with Crippen molar-refractivity contribution in [1.29, 1.82) is 0 Å². The molecule has 1 unspecified atom stereocenters. The molecule has 0 fully saturated rings. The summed E-state index contributed by atoms with van der Waals surface area (Å²) in [6.07, 6.45) is 0.683. The van der Waals surface area contributed by atoms with Crippen molar-refractivity contribution in [3.63, 3.8) is 0 Å². The SMILES string of the molecule is CC(NS(=O)(=O)c1cccs1)C(=O)Nc1ccccc1C(=O)NCCc1ccccc1. The Morgan fingerprint density at radius 3 is 2.39 bits per heavy atom. The van der Waals surface area contributed by atoms with E-state index in [1.54, 1.807) is 35.7 Å². The van der Waals surface area contributed by atoms with E-state index in [0.29, 0.717) is 24.2 Å². The number of sulfonamides is 1. The molecule has 162 valence electrons. The minimum atomic E-state index is -3.79. The van der Waals surface area contributed by atoms with Crippen molar-refractivity contribution in [3.8, 4) is 0 Å². The molecule has 1 aromatic heterocycles. The van der Waals surface area contributed by atoms with Crippen LogP contribution >= 0.6 is 11.3 Å². The fourth-order valence-electron chi connectivity index (χ4n) is 2.85. The van der Waals surface area contributed by atoms with Gasteiger partial charge in [0, 0.05) is 6.54 Å². The molecular formula is C22H23N3O4S2. The van der Waals surface area contributed by atoms with Crippen LogP contribution in [0.3, 0.4) is 0 Å². The standard InChI is InChI=1S/C22H23N3O4S2/c1-16(25-31(28,29)20-12-7-15-30-20)21(26)24-19-11-6-5-10-18(19)22(27)23-14-13-17-8-3-2-4-9-17/h2-12,15-16,25H,13-14H2,1H3,(H,23,27)(H,24,26). The van der Waals surface area contributed by atoms with E-state index in [1.807, 2.05) is 30.3 Å². The number of anilines is 1. The molecule has 0 aliphatic rings. The summed E-state index contributed by atoms with van der Waals surface area (Å²) in [6, 6.07) is 18.4. The van der Waals surface area contributed by atoms with E-state index >= 15 is 0 Å². The molecule has 3 N–H and O–H groups in total. The Balaban J connectivity index is 1.61. The lowest BCUT2D eigenvalue weighted by atomic mass is 10.1. The van der Waals surface area contributed by atoms with E-state index in [4.69, 9.17) is 0 Å². The van der Waals surface area contributed by atoms with Crippen LogP contribution in [-0.4, -0.2) is 32.8 Å². The molecule has 0 saturated carbocycles. The van der Waals surface area contributed by atoms with Crippen molar-refractivity contribution in [2.75, 3.05) is 11.9 Å². The summed E-state index contributed by atoms with van der Waals surface area (Å²) in [7, 11) is -3.79. The predicted molar refractivity (Wildman–Crippen MR) is 122 cm³/mol. The van der Waals surface area contributed by atoms with E-state index in [9.17, 15) is 18.0 Å². The first-order valence-electron chi connectivity index (χ1n) is 9.64. The molecule has 0 aliphatic carbocycles. The van der Waals surface area contributed by atoms with Crippen LogP contribution in [-0.2, 0) is 21.2 Å². The number of rotatable bonds is 9. The highest BCUT2D eigenvalue weighted by atomic mass is 32.2. The van der Waals surface area contributed by atoms with E-state index in [1.165, 1.54) is 13.0 Å². The molecule has 3 aromatic rings. The number of hydrogen-bond acceptors (Lipinski definition) is 5. The molecule has 0 aliphatic heterocycles. The number of amides is 2. The van der Waals surface area contributed by atoms with Crippen LogP contribution in [0.4, 0.5) is 5.69 Å². The third-order valence-electron chi connectivity index (χ3n) is 4.46. The Morgan fingerprint density at radius 2 is 1.68 bits per heavy atom. The monoisotopic (exact) mass is 457 g/mol. The number of benzene rings is 2. The first-order valence-corrected chi connectivity index (χ1v) is 12.0. The topological polar surface area (TPSA) is 104 Å². The van der Waals surface area contributed by atoms with Crippen LogP contribution in [0, 0.1) is 0 Å². The van der Waals surface area contributed by atoms with Crippen LogP contribution in [0.2, 0.25) is 0 Å². The molecule has 0 saturated heterocycles. The molecule has 3 rings (SSSR count). The zero-order chi connectivity index (χ0) is 22.3. The highest BCUT2D eigenvalue weighted by molar-refractivity contribution is 7.91. The molecule has 7 nitrogen and oxygen atoms in total. The number of carbonyl (C=O) groups excluding carboxylic acids is 2. The predicted octanol–water partition coefficient (Wildman–Crippen LogP) is 3.03. The van der Waals surface area contributed by atoms with Crippen molar-refractivity contribution in [3.05, 3.63) is 83.2 Å². The molecular weight excluding hydrogens is 434 g/mol. The Hall–Kier alpha value is -3.01. The second-order valence-corrected chi connectivity index (χ2v) is 9.69. The Bertz CT molecular complexity index is 1130. The third-order valence-corrected chi connectivity index (χ3v) is 7.39. The fraction of sp³-hybridized carbons (Fsp3) is 0.182. The lowest BCUT2D eigenvalue weighted by Gasteiger charge is -2.16. The van der Waals surface area contributed by atoms with E-state index < -0.39 is 22.0 Å². The fourth-order valence-corrected chi connectivity index (χ4v) is 5.06. The number of thiophene rings is 1. The minimum Gasteiger partial charge on any atom is -0.352 e. The van der Waals surface area contributed by atoms with Gasteiger partial charge in [0.25, 0.3) is 15.9 Å². The summed E-state index contributed by atoms with van der Waals surface area (Å²) in [4.78, 5) is 25.2. The number of para-hydroxylation sites is 1. The molecule has 31 heavy (non-hydrogen) atoms. The van der Waals surface area contributed by atoms with Crippen LogP contribution in [0.1, 0.15) is 22.8 Å². The highest BCUT2D eigenvalue weighted by Gasteiger charge is 2.23. The first-order chi connectivity index (χ1) is 14.9. The molecule has 2 amide bonds. The normalized spacial score (nSPS) is 12.2. The van der Waals surface area contributed by atoms with Crippen molar-refractivity contribution < 1.29 is 18.0 Å². The smallest absolute Gasteiger partial charge is 0.253 e. The zero-order valence-corrected chi connectivity index (χ0v) is 18.5. The van der Waals surface area contributed by atoms with Gasteiger partial charge in [-0.2, -0.15) is 4.72 Å². The quantitative estimate of drug-likeness (QED) is 0.459. The molecule has 1 heterocycles. The number of hydrogen-bond donors (Lipinski definition) is 3. The van der Waals surface area contributed by atoms with Crippen LogP contribution in [0.15, 0.2) is 76.3 Å². The van der Waals surface area contributed by atoms with Gasteiger partial charge in [-0.05, 0) is 42.5 Å². The summed E-state index contributed by atoms with van der Waals surface area (Å²) >= 11 is 1.06. The summed E-state index contributed by atoms with van der Waals surface area (Å²) in [5.41, 5.74) is 1.72. The molecule has 2 aromatic carbocycles. The Morgan fingerprint density at radius 1 is 0.968 bits per heavy atom. The molecule has 0 radical (unpaired) electrons. The zero-order valence-electron chi connectivity index (χ0n) is 16.9. The largest absolute Gasteiger partial charge is 0.352 e. The van der Waals surface area contributed by atoms with E-state index in [-0.39, 0.29) is 10.1 Å². The van der Waals surface area contributed by atoms with Crippen molar-refractivity contribution in [1.82, 2.24) is 10.0 Å². The van der Waals surface area contributed by atoms with Gasteiger partial charge in [-0.15, -0.1) is 11.3 Å². The first kappa shape index (κ1) is 22.7. The highest BCUT2D eigenvalue weighted by Crippen LogP contribution is 2.18. The Labute approximate surface area is 185 Å². The van der Waals surface area contributed by atoms with Crippen molar-refractivity contribution in [2.24, 2.45) is 0 Å². The van der Waals surface area contributed by atoms with Gasteiger partial charge < -0.3 is 10.6 Å². The van der Waals surface area contributed by atoms with Crippen LogP contribution in [0.5, 0.6) is 0 Å². The molecule has 0 bridgehead atoms. The maximum Gasteiger partial charge on any atom is 0.253 e. The average Bonchev–Trinajstić information content (AvgIpc) is 3.30. The van der Waals surface area contributed by atoms with Crippen molar-refractivity contribution in [2.45, 2.75) is 23.6 Å². The van der Waals surface area contributed by atoms with Gasteiger partial charge in [0.15, 0.2) is 0 Å². The molecule has 1 atom stereocenters. The summed E-state index contributed by atoms with van der Waals surface area (Å²) in [5, 5.41) is 7.14. The maximum atomic E-state index is 12.6. The third kappa shape index (κ3) is 6.24. The van der Waals surface area contributed by atoms with Gasteiger partial charge >= 0.3 is 0 Å². The van der Waals surface area contributed by atoms with Gasteiger partial charge in [-0.25, -0.2) is 8.42 Å². The second-order valence-electron chi connectivity index (χ2n) is 6.80. The van der Waals surface area contributed by atoms with Crippen molar-refractivity contribution >= 4 is 38.9 Å². The van der Waals surface area contributed by atoms with Gasteiger partial charge in [0.2, 0.25) is 5.91 Å².